The van der Waals surface area contributed by atoms with Crippen molar-refractivity contribution in [2.45, 2.75) is 0 Å². The van der Waals surface area contributed by atoms with Crippen LogP contribution in [0, 0.1) is 21.4 Å². The molecule has 0 amide bonds. The fourth-order valence-electron chi connectivity index (χ4n) is 2.06. The number of allylic oxidation sites excluding steroid dienone is 1. The van der Waals surface area contributed by atoms with Crippen LogP contribution in [0.15, 0.2) is 46.9 Å². The standard InChI is InChI=1S/C16H8BrN3O2S/c17-12-6-5-10(8-14(12)20(21)22)7-11(9-18)16-19-13-3-1-2-4-15(13)23-16/h1-8H/b11-7+. The van der Waals surface area contributed by atoms with Gasteiger partial charge in [0.1, 0.15) is 11.1 Å². The smallest absolute Gasteiger partial charge is 0.258 e. The molecule has 0 aliphatic carbocycles. The Labute approximate surface area is 143 Å². The molecule has 5 nitrogen and oxygen atoms in total. The Morgan fingerprint density at radius 1 is 1.35 bits per heavy atom. The van der Waals surface area contributed by atoms with Gasteiger partial charge in [0.2, 0.25) is 0 Å². The first-order valence-corrected chi connectivity index (χ1v) is 8.11. The van der Waals surface area contributed by atoms with E-state index in [-0.39, 0.29) is 5.69 Å². The summed E-state index contributed by atoms with van der Waals surface area (Å²) >= 11 is 4.56. The number of hydrogen-bond acceptors (Lipinski definition) is 5. The van der Waals surface area contributed by atoms with Gasteiger partial charge in [-0.15, -0.1) is 11.3 Å². The van der Waals surface area contributed by atoms with Gasteiger partial charge in [0, 0.05) is 6.07 Å². The predicted octanol–water partition coefficient (Wildman–Crippen LogP) is 5.03. The highest BCUT2D eigenvalue weighted by Crippen LogP contribution is 2.30. The zero-order chi connectivity index (χ0) is 16.4. The number of thiazole rings is 1. The third-order valence-electron chi connectivity index (χ3n) is 3.12. The maximum atomic E-state index is 11.0. The fourth-order valence-corrected chi connectivity index (χ4v) is 3.38. The van der Waals surface area contributed by atoms with Gasteiger partial charge in [-0.3, -0.25) is 10.1 Å². The van der Waals surface area contributed by atoms with Gasteiger partial charge in [-0.2, -0.15) is 5.26 Å². The number of nitriles is 1. The minimum Gasteiger partial charge on any atom is -0.258 e. The van der Waals surface area contributed by atoms with E-state index < -0.39 is 4.92 Å². The van der Waals surface area contributed by atoms with Crippen LogP contribution in [0.3, 0.4) is 0 Å². The van der Waals surface area contributed by atoms with Gasteiger partial charge in [-0.1, -0.05) is 18.2 Å². The second-order valence-electron chi connectivity index (χ2n) is 4.62. The first-order chi connectivity index (χ1) is 11.1. The van der Waals surface area contributed by atoms with Crippen molar-refractivity contribution in [1.82, 2.24) is 4.98 Å². The molecule has 112 valence electrons. The van der Waals surface area contributed by atoms with Crippen LogP contribution in [0.1, 0.15) is 10.6 Å². The Kier molecular flexibility index (Phi) is 4.19. The average molecular weight is 386 g/mol. The molecule has 0 bridgehead atoms. The highest BCUT2D eigenvalue weighted by molar-refractivity contribution is 9.10. The molecule has 1 aromatic heterocycles. The number of benzene rings is 2. The summed E-state index contributed by atoms with van der Waals surface area (Å²) < 4.78 is 1.39. The van der Waals surface area contributed by atoms with Gasteiger partial charge in [0.25, 0.3) is 5.69 Å². The maximum Gasteiger partial charge on any atom is 0.284 e. The van der Waals surface area contributed by atoms with Gasteiger partial charge in [-0.25, -0.2) is 4.98 Å². The topological polar surface area (TPSA) is 79.8 Å². The number of halogens is 1. The predicted molar refractivity (Wildman–Crippen MR) is 93.9 cm³/mol. The van der Waals surface area contributed by atoms with E-state index in [1.165, 1.54) is 17.4 Å². The summed E-state index contributed by atoms with van der Waals surface area (Å²) in [5, 5.41) is 21.0. The molecule has 0 saturated carbocycles. The number of aromatic nitrogens is 1. The molecule has 1 heterocycles. The van der Waals surface area contributed by atoms with Gasteiger partial charge < -0.3 is 0 Å². The molecule has 2 aromatic carbocycles. The second kappa shape index (κ2) is 6.28. The Bertz CT molecular complexity index is 955. The first-order valence-electron chi connectivity index (χ1n) is 6.50. The molecule has 23 heavy (non-hydrogen) atoms. The molecule has 3 rings (SSSR count). The summed E-state index contributed by atoms with van der Waals surface area (Å²) in [6, 6.07) is 14.5. The number of hydrogen-bond donors (Lipinski definition) is 0. The molecule has 0 unspecified atom stereocenters. The summed E-state index contributed by atoms with van der Waals surface area (Å²) in [4.78, 5) is 15.0. The van der Waals surface area contributed by atoms with Crippen molar-refractivity contribution in [3.63, 3.8) is 0 Å². The van der Waals surface area contributed by atoms with Gasteiger partial charge in [-0.05, 0) is 45.8 Å². The first kappa shape index (κ1) is 15.3. The lowest BCUT2D eigenvalue weighted by molar-refractivity contribution is -0.385. The molecule has 7 heteroatoms. The lowest BCUT2D eigenvalue weighted by Crippen LogP contribution is -1.90. The van der Waals surface area contributed by atoms with Crippen LogP contribution in [0.25, 0.3) is 21.9 Å². The Morgan fingerprint density at radius 3 is 2.83 bits per heavy atom. The van der Waals surface area contributed by atoms with Gasteiger partial charge in [0.15, 0.2) is 0 Å². The van der Waals surface area contributed by atoms with Crippen molar-refractivity contribution in [2.24, 2.45) is 0 Å². The number of para-hydroxylation sites is 1. The van der Waals surface area contributed by atoms with Gasteiger partial charge in [0.05, 0.1) is 25.2 Å². The molecule has 0 aliphatic rings. The fraction of sp³-hybridized carbons (Fsp3) is 0. The quantitative estimate of drug-likeness (QED) is 0.359. The van der Waals surface area contributed by atoms with Crippen molar-refractivity contribution < 1.29 is 4.92 Å². The summed E-state index contributed by atoms with van der Waals surface area (Å²) in [6.45, 7) is 0. The van der Waals surface area contributed by atoms with E-state index in [9.17, 15) is 15.4 Å². The van der Waals surface area contributed by atoms with E-state index in [1.54, 1.807) is 18.2 Å². The molecule has 0 fully saturated rings. The molecule has 0 atom stereocenters. The van der Waals surface area contributed by atoms with Crippen molar-refractivity contribution in [3.8, 4) is 6.07 Å². The summed E-state index contributed by atoms with van der Waals surface area (Å²) in [6.07, 6.45) is 1.61. The van der Waals surface area contributed by atoms with Crippen LogP contribution >= 0.6 is 27.3 Å². The third-order valence-corrected chi connectivity index (χ3v) is 4.86. The van der Waals surface area contributed by atoms with Gasteiger partial charge >= 0.3 is 0 Å². The minimum atomic E-state index is -0.467. The number of nitro benzene ring substituents is 1. The molecule has 0 radical (unpaired) electrons. The zero-order valence-corrected chi connectivity index (χ0v) is 14.0. The monoisotopic (exact) mass is 385 g/mol. The normalized spacial score (nSPS) is 11.4. The third kappa shape index (κ3) is 3.13. The number of fused-ring (bicyclic) bond motifs is 1. The van der Waals surface area contributed by atoms with E-state index in [4.69, 9.17) is 0 Å². The van der Waals surface area contributed by atoms with Crippen molar-refractivity contribution in [1.29, 1.82) is 5.26 Å². The van der Waals surface area contributed by atoms with Crippen LogP contribution in [-0.4, -0.2) is 9.91 Å². The molecule has 0 spiro atoms. The Hall–Kier alpha value is -2.56. The highest BCUT2D eigenvalue weighted by Gasteiger charge is 2.13. The van der Waals surface area contributed by atoms with E-state index in [1.807, 2.05) is 24.3 Å². The lowest BCUT2D eigenvalue weighted by Gasteiger charge is -1.98. The lowest BCUT2D eigenvalue weighted by atomic mass is 10.1. The molecule has 0 aliphatic heterocycles. The minimum absolute atomic E-state index is 0.0414. The van der Waals surface area contributed by atoms with Crippen LogP contribution in [0.4, 0.5) is 5.69 Å². The molecular weight excluding hydrogens is 378 g/mol. The Balaban J connectivity index is 2.07. The highest BCUT2D eigenvalue weighted by atomic mass is 79.9. The number of rotatable bonds is 3. The molecule has 0 N–H and O–H groups in total. The van der Waals surface area contributed by atoms with Crippen LogP contribution in [0.5, 0.6) is 0 Å². The van der Waals surface area contributed by atoms with Crippen LogP contribution < -0.4 is 0 Å². The largest absolute Gasteiger partial charge is 0.284 e. The maximum absolute atomic E-state index is 11.0. The van der Waals surface area contributed by atoms with Crippen LogP contribution in [-0.2, 0) is 0 Å². The average Bonchev–Trinajstić information content (AvgIpc) is 2.97. The summed E-state index contributed by atoms with van der Waals surface area (Å²) in [5.41, 5.74) is 1.74. The van der Waals surface area contributed by atoms with E-state index in [0.29, 0.717) is 20.6 Å². The van der Waals surface area contributed by atoms with E-state index in [2.05, 4.69) is 27.0 Å². The van der Waals surface area contributed by atoms with Crippen LogP contribution in [0.2, 0.25) is 0 Å². The van der Waals surface area contributed by atoms with E-state index in [0.717, 1.165) is 10.2 Å². The molecular formula is C16H8BrN3O2S. The summed E-state index contributed by atoms with van der Waals surface area (Å²) in [7, 11) is 0. The number of nitro groups is 1. The molecule has 0 saturated heterocycles. The van der Waals surface area contributed by atoms with E-state index >= 15 is 0 Å². The van der Waals surface area contributed by atoms with Crippen molar-refractivity contribution >= 4 is 54.8 Å². The van der Waals surface area contributed by atoms with Crippen molar-refractivity contribution in [2.75, 3.05) is 0 Å². The SMILES string of the molecule is N#C/C(=C\c1ccc(Br)c([N+](=O)[O-])c1)c1nc2ccccc2s1. The second-order valence-corrected chi connectivity index (χ2v) is 6.51. The summed E-state index contributed by atoms with van der Waals surface area (Å²) in [5.74, 6) is 0. The Morgan fingerprint density at radius 2 is 2.13 bits per heavy atom. The molecule has 3 aromatic rings. The van der Waals surface area contributed by atoms with Crippen molar-refractivity contribution in [3.05, 3.63) is 67.6 Å². The zero-order valence-electron chi connectivity index (χ0n) is 11.6. The number of nitrogens with zero attached hydrogens (tertiary/aromatic N) is 3.